The van der Waals surface area contributed by atoms with Gasteiger partial charge in [-0.2, -0.15) is 0 Å². The van der Waals surface area contributed by atoms with Gasteiger partial charge < -0.3 is 4.74 Å². The van der Waals surface area contributed by atoms with Crippen LogP contribution in [-0.4, -0.2) is 11.8 Å². The molecular weight excluding hydrogens is 264 g/mol. The van der Waals surface area contributed by atoms with Crippen molar-refractivity contribution in [3.05, 3.63) is 65.7 Å². The standard InChI is InChI=1S/C18H18O3/c1-3-17(14-8-5-4-6-9-14)18(20)15-10-7-11-16(12-15)21-13(2)19/h4-12,17H,3H2,1-2H3. The second-order valence-corrected chi connectivity index (χ2v) is 4.86. The van der Waals surface area contributed by atoms with Gasteiger partial charge in [-0.15, -0.1) is 0 Å². The quantitative estimate of drug-likeness (QED) is 0.473. The fourth-order valence-electron chi connectivity index (χ4n) is 2.34. The van der Waals surface area contributed by atoms with Gasteiger partial charge in [-0.3, -0.25) is 9.59 Å². The molecule has 0 fully saturated rings. The molecule has 3 heteroatoms. The summed E-state index contributed by atoms with van der Waals surface area (Å²) >= 11 is 0. The number of carbonyl (C=O) groups is 2. The highest BCUT2D eigenvalue weighted by atomic mass is 16.5. The van der Waals surface area contributed by atoms with E-state index in [1.165, 1.54) is 6.92 Å². The zero-order chi connectivity index (χ0) is 15.2. The van der Waals surface area contributed by atoms with E-state index in [2.05, 4.69) is 0 Å². The van der Waals surface area contributed by atoms with Gasteiger partial charge in [-0.05, 0) is 24.1 Å². The highest BCUT2D eigenvalue weighted by Crippen LogP contribution is 2.25. The summed E-state index contributed by atoms with van der Waals surface area (Å²) in [7, 11) is 0. The molecule has 3 nitrogen and oxygen atoms in total. The smallest absolute Gasteiger partial charge is 0.308 e. The fraction of sp³-hybridized carbons (Fsp3) is 0.222. The van der Waals surface area contributed by atoms with Crippen molar-refractivity contribution in [3.63, 3.8) is 0 Å². The first kappa shape index (κ1) is 15.0. The van der Waals surface area contributed by atoms with Gasteiger partial charge in [0.25, 0.3) is 0 Å². The molecule has 0 N–H and O–H groups in total. The average Bonchev–Trinajstić information content (AvgIpc) is 2.48. The second-order valence-electron chi connectivity index (χ2n) is 4.86. The maximum atomic E-state index is 12.7. The normalized spacial score (nSPS) is 11.7. The van der Waals surface area contributed by atoms with E-state index >= 15 is 0 Å². The van der Waals surface area contributed by atoms with Crippen LogP contribution >= 0.6 is 0 Å². The van der Waals surface area contributed by atoms with Gasteiger partial charge in [0.05, 0.1) is 0 Å². The Kier molecular flexibility index (Phi) is 4.88. The van der Waals surface area contributed by atoms with Gasteiger partial charge in [-0.25, -0.2) is 0 Å². The number of esters is 1. The number of ether oxygens (including phenoxy) is 1. The zero-order valence-corrected chi connectivity index (χ0v) is 12.2. The summed E-state index contributed by atoms with van der Waals surface area (Å²) < 4.78 is 5.03. The van der Waals surface area contributed by atoms with Gasteiger partial charge in [0.1, 0.15) is 5.75 Å². The van der Waals surface area contributed by atoms with Crippen LogP contribution < -0.4 is 4.74 Å². The maximum Gasteiger partial charge on any atom is 0.308 e. The second kappa shape index (κ2) is 6.84. The van der Waals surface area contributed by atoms with E-state index in [4.69, 9.17) is 4.74 Å². The van der Waals surface area contributed by atoms with Crippen molar-refractivity contribution in [2.45, 2.75) is 26.2 Å². The third kappa shape index (κ3) is 3.78. The number of benzene rings is 2. The molecule has 1 unspecified atom stereocenters. The fourth-order valence-corrected chi connectivity index (χ4v) is 2.34. The van der Waals surface area contributed by atoms with E-state index in [-0.39, 0.29) is 11.7 Å². The summed E-state index contributed by atoms with van der Waals surface area (Å²) in [5.41, 5.74) is 1.56. The molecule has 0 amide bonds. The Morgan fingerprint density at radius 2 is 1.76 bits per heavy atom. The molecule has 0 saturated carbocycles. The van der Waals surface area contributed by atoms with Crippen LogP contribution in [0.15, 0.2) is 54.6 Å². The molecule has 0 saturated heterocycles. The highest BCUT2D eigenvalue weighted by molar-refractivity contribution is 6.01. The van der Waals surface area contributed by atoms with Crippen molar-refractivity contribution in [2.75, 3.05) is 0 Å². The summed E-state index contributed by atoms with van der Waals surface area (Å²) in [6.45, 7) is 3.33. The van der Waals surface area contributed by atoms with Crippen molar-refractivity contribution in [1.29, 1.82) is 0 Å². The Morgan fingerprint density at radius 3 is 2.38 bits per heavy atom. The van der Waals surface area contributed by atoms with Gasteiger partial charge in [0, 0.05) is 18.4 Å². The van der Waals surface area contributed by atoms with Crippen LogP contribution in [0, 0.1) is 0 Å². The summed E-state index contributed by atoms with van der Waals surface area (Å²) in [6, 6.07) is 16.5. The number of rotatable bonds is 5. The van der Waals surface area contributed by atoms with E-state index in [1.807, 2.05) is 37.3 Å². The lowest BCUT2D eigenvalue weighted by Crippen LogP contribution is -2.12. The van der Waals surface area contributed by atoms with E-state index in [9.17, 15) is 9.59 Å². The van der Waals surface area contributed by atoms with Gasteiger partial charge in [0.2, 0.25) is 0 Å². The van der Waals surface area contributed by atoms with Gasteiger partial charge in [0.15, 0.2) is 5.78 Å². The van der Waals surface area contributed by atoms with Crippen LogP contribution in [0.1, 0.15) is 42.1 Å². The van der Waals surface area contributed by atoms with E-state index in [0.29, 0.717) is 11.3 Å². The summed E-state index contributed by atoms with van der Waals surface area (Å²) in [5.74, 6) is -0.137. The Balaban J connectivity index is 2.28. The van der Waals surface area contributed by atoms with Crippen LogP contribution in [0.25, 0.3) is 0 Å². The number of hydrogen-bond donors (Lipinski definition) is 0. The van der Waals surface area contributed by atoms with Crippen LogP contribution in [-0.2, 0) is 4.79 Å². The lowest BCUT2D eigenvalue weighted by Gasteiger charge is -2.14. The lowest BCUT2D eigenvalue weighted by atomic mass is 9.88. The van der Waals surface area contributed by atoms with Crippen LogP contribution in [0.4, 0.5) is 0 Å². The van der Waals surface area contributed by atoms with Crippen LogP contribution in [0.2, 0.25) is 0 Å². The molecule has 21 heavy (non-hydrogen) atoms. The molecule has 1 atom stereocenters. The van der Waals surface area contributed by atoms with Crippen molar-refractivity contribution in [2.24, 2.45) is 0 Å². The Morgan fingerprint density at radius 1 is 1.05 bits per heavy atom. The third-order valence-corrected chi connectivity index (χ3v) is 3.31. The molecule has 0 bridgehead atoms. The van der Waals surface area contributed by atoms with Crippen molar-refractivity contribution in [1.82, 2.24) is 0 Å². The minimum Gasteiger partial charge on any atom is -0.427 e. The molecule has 0 aliphatic heterocycles. The SMILES string of the molecule is CCC(C(=O)c1cccc(OC(C)=O)c1)c1ccccc1. The molecule has 2 aromatic rings. The molecule has 0 aromatic heterocycles. The largest absolute Gasteiger partial charge is 0.427 e. The van der Waals surface area contributed by atoms with Crippen molar-refractivity contribution >= 4 is 11.8 Å². The molecule has 2 aromatic carbocycles. The van der Waals surface area contributed by atoms with E-state index in [0.717, 1.165) is 12.0 Å². The average molecular weight is 282 g/mol. The molecule has 2 rings (SSSR count). The van der Waals surface area contributed by atoms with Gasteiger partial charge in [-0.1, -0.05) is 49.4 Å². The summed E-state index contributed by atoms with van der Waals surface area (Å²) in [5, 5.41) is 0. The predicted molar refractivity (Wildman–Crippen MR) is 81.6 cm³/mol. The molecule has 0 aliphatic rings. The molecule has 0 radical (unpaired) electrons. The monoisotopic (exact) mass is 282 g/mol. The molecule has 0 aliphatic carbocycles. The predicted octanol–water partition coefficient (Wildman–Crippen LogP) is 3.99. The van der Waals surface area contributed by atoms with Crippen molar-refractivity contribution < 1.29 is 14.3 Å². The van der Waals surface area contributed by atoms with E-state index < -0.39 is 5.97 Å². The molecule has 0 spiro atoms. The number of Topliss-reactive ketones (excluding diaryl/α,β-unsaturated/α-hetero) is 1. The van der Waals surface area contributed by atoms with Gasteiger partial charge >= 0.3 is 5.97 Å². The number of ketones is 1. The Bertz CT molecular complexity index is 632. The first-order chi connectivity index (χ1) is 10.1. The number of carbonyl (C=O) groups excluding carboxylic acids is 2. The lowest BCUT2D eigenvalue weighted by molar-refractivity contribution is -0.131. The molecular formula is C18H18O3. The summed E-state index contributed by atoms with van der Waals surface area (Å²) in [6.07, 6.45) is 0.723. The molecule has 0 heterocycles. The maximum absolute atomic E-state index is 12.7. The highest BCUT2D eigenvalue weighted by Gasteiger charge is 2.20. The summed E-state index contributed by atoms with van der Waals surface area (Å²) in [4.78, 5) is 23.7. The minimum atomic E-state index is -0.394. The Labute approximate surface area is 124 Å². The first-order valence-corrected chi connectivity index (χ1v) is 6.99. The van der Waals surface area contributed by atoms with Crippen molar-refractivity contribution in [3.8, 4) is 5.75 Å². The van der Waals surface area contributed by atoms with Crippen LogP contribution in [0.3, 0.4) is 0 Å². The Hall–Kier alpha value is -2.42. The van der Waals surface area contributed by atoms with Crippen LogP contribution in [0.5, 0.6) is 5.75 Å². The first-order valence-electron chi connectivity index (χ1n) is 6.99. The molecule has 108 valence electrons. The third-order valence-electron chi connectivity index (χ3n) is 3.31. The minimum absolute atomic E-state index is 0.0395. The number of hydrogen-bond acceptors (Lipinski definition) is 3. The van der Waals surface area contributed by atoms with E-state index in [1.54, 1.807) is 24.3 Å². The zero-order valence-electron chi connectivity index (χ0n) is 12.2. The topological polar surface area (TPSA) is 43.4 Å².